The number of ether oxygens (including phenoxy) is 2. The van der Waals surface area contributed by atoms with Crippen LogP contribution >= 0.6 is 24.8 Å². The number of halogens is 2. The van der Waals surface area contributed by atoms with Gasteiger partial charge in [0.05, 0.1) is 19.8 Å². The second-order valence-electron chi connectivity index (χ2n) is 3.20. The van der Waals surface area contributed by atoms with E-state index >= 15 is 0 Å². The third kappa shape index (κ3) is 9.35. The molecule has 4 nitrogen and oxygen atoms in total. The molecule has 0 saturated carbocycles. The van der Waals surface area contributed by atoms with Crippen LogP contribution in [-0.4, -0.2) is 64.6 Å². The minimum Gasteiger partial charge on any atom is -0.382 e. The molecular weight excluding hydrogens is 239 g/mol. The topological polar surface area (TPSA) is 33.7 Å². The molecule has 0 amide bonds. The van der Waals surface area contributed by atoms with E-state index < -0.39 is 0 Å². The summed E-state index contributed by atoms with van der Waals surface area (Å²) in [5, 5.41) is 3.32. The van der Waals surface area contributed by atoms with E-state index in [1.807, 2.05) is 0 Å². The van der Waals surface area contributed by atoms with Crippen molar-refractivity contribution in [2.24, 2.45) is 0 Å². The van der Waals surface area contributed by atoms with E-state index in [0.717, 1.165) is 39.3 Å². The first-order valence-electron chi connectivity index (χ1n) is 4.93. The lowest BCUT2D eigenvalue weighted by Crippen LogP contribution is -2.44. The summed E-state index contributed by atoms with van der Waals surface area (Å²) in [5.41, 5.74) is 0. The monoisotopic (exact) mass is 260 g/mol. The molecule has 0 unspecified atom stereocenters. The Balaban J connectivity index is 0. The van der Waals surface area contributed by atoms with Gasteiger partial charge in [-0.1, -0.05) is 0 Å². The molecule has 1 rings (SSSR count). The zero-order chi connectivity index (χ0) is 9.36. The number of nitrogens with one attached hydrogen (secondary N) is 1. The van der Waals surface area contributed by atoms with E-state index in [0.29, 0.717) is 13.2 Å². The Morgan fingerprint density at radius 2 is 1.73 bits per heavy atom. The summed E-state index contributed by atoms with van der Waals surface area (Å²) >= 11 is 0. The summed E-state index contributed by atoms with van der Waals surface area (Å²) in [4.78, 5) is 2.42. The van der Waals surface area contributed by atoms with Crippen LogP contribution in [0.15, 0.2) is 0 Å². The molecule has 1 aliphatic rings. The highest BCUT2D eigenvalue weighted by Gasteiger charge is 2.07. The fourth-order valence-electron chi connectivity index (χ4n) is 1.37. The van der Waals surface area contributed by atoms with E-state index in [2.05, 4.69) is 10.2 Å². The van der Waals surface area contributed by atoms with Crippen LogP contribution in [0.5, 0.6) is 0 Å². The predicted octanol–water partition coefficient (Wildman–Crippen LogP) is 0.398. The lowest BCUT2D eigenvalue weighted by atomic mass is 10.4. The van der Waals surface area contributed by atoms with Gasteiger partial charge >= 0.3 is 0 Å². The van der Waals surface area contributed by atoms with Gasteiger partial charge < -0.3 is 14.8 Å². The van der Waals surface area contributed by atoms with Crippen LogP contribution in [-0.2, 0) is 9.47 Å². The molecule has 0 aromatic heterocycles. The van der Waals surface area contributed by atoms with Crippen LogP contribution < -0.4 is 5.32 Å². The predicted molar refractivity (Wildman–Crippen MR) is 66.5 cm³/mol. The Labute approximate surface area is 104 Å². The molecule has 1 heterocycles. The normalized spacial score (nSPS) is 16.6. The highest BCUT2D eigenvalue weighted by Crippen LogP contribution is 1.91. The summed E-state index contributed by atoms with van der Waals surface area (Å²) in [6, 6.07) is 0. The molecule has 0 atom stereocenters. The van der Waals surface area contributed by atoms with E-state index in [-0.39, 0.29) is 24.8 Å². The molecular formula is C9H22Cl2N2O2. The first-order valence-corrected chi connectivity index (χ1v) is 4.93. The first-order chi connectivity index (χ1) is 6.43. The van der Waals surface area contributed by atoms with Gasteiger partial charge in [0, 0.05) is 39.8 Å². The number of methoxy groups -OCH3 is 1. The zero-order valence-corrected chi connectivity index (χ0v) is 10.9. The standard InChI is InChI=1S/C9H20N2O2.2ClH/c1-12-8-9-13-7-6-11-4-2-10-3-5-11;;/h10H,2-9H2,1H3;2*1H. The molecule has 1 fully saturated rings. The van der Waals surface area contributed by atoms with Gasteiger partial charge in [0.15, 0.2) is 0 Å². The van der Waals surface area contributed by atoms with Crippen molar-refractivity contribution >= 4 is 24.8 Å². The van der Waals surface area contributed by atoms with Gasteiger partial charge in [-0.3, -0.25) is 4.90 Å². The lowest BCUT2D eigenvalue weighted by molar-refractivity contribution is 0.0554. The van der Waals surface area contributed by atoms with Crippen LogP contribution in [0.2, 0.25) is 0 Å². The quantitative estimate of drug-likeness (QED) is 0.702. The van der Waals surface area contributed by atoms with Gasteiger partial charge in [-0.05, 0) is 0 Å². The molecule has 0 aromatic rings. The van der Waals surface area contributed by atoms with Gasteiger partial charge in [0.25, 0.3) is 0 Å². The second-order valence-corrected chi connectivity index (χ2v) is 3.20. The van der Waals surface area contributed by atoms with Crippen molar-refractivity contribution < 1.29 is 9.47 Å². The SMILES string of the molecule is COCCOCCN1CCNCC1.Cl.Cl. The lowest BCUT2D eigenvalue weighted by Gasteiger charge is -2.26. The number of piperazine rings is 1. The molecule has 0 bridgehead atoms. The highest BCUT2D eigenvalue weighted by molar-refractivity contribution is 5.85. The summed E-state index contributed by atoms with van der Waals surface area (Å²) in [6.45, 7) is 7.79. The summed E-state index contributed by atoms with van der Waals surface area (Å²) in [7, 11) is 1.69. The molecule has 0 aromatic carbocycles. The van der Waals surface area contributed by atoms with Crippen molar-refractivity contribution in [2.75, 3.05) is 59.7 Å². The Bertz CT molecular complexity index is 125. The molecule has 0 radical (unpaired) electrons. The Morgan fingerprint density at radius 3 is 2.33 bits per heavy atom. The van der Waals surface area contributed by atoms with Crippen LogP contribution in [0.1, 0.15) is 0 Å². The Morgan fingerprint density at radius 1 is 1.07 bits per heavy atom. The molecule has 0 spiro atoms. The van der Waals surface area contributed by atoms with E-state index in [1.54, 1.807) is 7.11 Å². The van der Waals surface area contributed by atoms with Gasteiger partial charge in [0.2, 0.25) is 0 Å². The maximum atomic E-state index is 5.39. The van der Waals surface area contributed by atoms with Gasteiger partial charge in [0.1, 0.15) is 0 Å². The van der Waals surface area contributed by atoms with Crippen molar-refractivity contribution in [2.45, 2.75) is 0 Å². The average molecular weight is 261 g/mol. The minimum absolute atomic E-state index is 0. The smallest absolute Gasteiger partial charge is 0.0700 e. The van der Waals surface area contributed by atoms with E-state index in [9.17, 15) is 0 Å². The molecule has 15 heavy (non-hydrogen) atoms. The fraction of sp³-hybridized carbons (Fsp3) is 1.00. The van der Waals surface area contributed by atoms with Crippen molar-refractivity contribution in [1.82, 2.24) is 10.2 Å². The van der Waals surface area contributed by atoms with Crippen molar-refractivity contribution in [3.05, 3.63) is 0 Å². The summed E-state index contributed by atoms with van der Waals surface area (Å²) in [5.74, 6) is 0. The van der Waals surface area contributed by atoms with Gasteiger partial charge in [-0.25, -0.2) is 0 Å². The van der Waals surface area contributed by atoms with E-state index in [1.165, 1.54) is 0 Å². The highest BCUT2D eigenvalue weighted by atomic mass is 35.5. The van der Waals surface area contributed by atoms with Crippen molar-refractivity contribution in [3.63, 3.8) is 0 Å². The zero-order valence-electron chi connectivity index (χ0n) is 9.24. The van der Waals surface area contributed by atoms with Crippen LogP contribution in [0.25, 0.3) is 0 Å². The van der Waals surface area contributed by atoms with Crippen LogP contribution in [0.3, 0.4) is 0 Å². The van der Waals surface area contributed by atoms with Crippen molar-refractivity contribution in [3.8, 4) is 0 Å². The second kappa shape index (κ2) is 12.5. The Kier molecular flexibility index (Phi) is 14.8. The third-order valence-electron chi connectivity index (χ3n) is 2.19. The molecule has 1 N–H and O–H groups in total. The maximum Gasteiger partial charge on any atom is 0.0700 e. The Hall–Kier alpha value is 0.420. The molecule has 6 heteroatoms. The average Bonchev–Trinajstić information content (AvgIpc) is 2.19. The number of hydrogen-bond donors (Lipinski definition) is 1. The third-order valence-corrected chi connectivity index (χ3v) is 2.19. The summed E-state index contributed by atoms with van der Waals surface area (Å²) < 4.78 is 10.3. The van der Waals surface area contributed by atoms with Crippen molar-refractivity contribution in [1.29, 1.82) is 0 Å². The van der Waals surface area contributed by atoms with Gasteiger partial charge in [-0.2, -0.15) is 0 Å². The van der Waals surface area contributed by atoms with E-state index in [4.69, 9.17) is 9.47 Å². The molecule has 0 aliphatic carbocycles. The van der Waals surface area contributed by atoms with Gasteiger partial charge in [-0.15, -0.1) is 24.8 Å². The number of hydrogen-bond acceptors (Lipinski definition) is 4. The largest absolute Gasteiger partial charge is 0.382 e. The summed E-state index contributed by atoms with van der Waals surface area (Å²) in [6.07, 6.45) is 0. The molecule has 1 saturated heterocycles. The number of rotatable bonds is 6. The van der Waals surface area contributed by atoms with Crippen LogP contribution in [0.4, 0.5) is 0 Å². The molecule has 94 valence electrons. The number of nitrogens with zero attached hydrogens (tertiary/aromatic N) is 1. The maximum absolute atomic E-state index is 5.39. The van der Waals surface area contributed by atoms with Crippen LogP contribution in [0, 0.1) is 0 Å². The first kappa shape index (κ1) is 17.8. The molecule has 1 aliphatic heterocycles. The fourth-order valence-corrected chi connectivity index (χ4v) is 1.37. The minimum atomic E-state index is 0.